The maximum absolute atomic E-state index is 12.7. The number of rotatable bonds is 4. The Bertz CT molecular complexity index is 730. The summed E-state index contributed by atoms with van der Waals surface area (Å²) in [5, 5.41) is 4.32. The van der Waals surface area contributed by atoms with Crippen LogP contribution in [0.4, 0.5) is 0 Å². The van der Waals surface area contributed by atoms with Gasteiger partial charge in [0.15, 0.2) is 5.69 Å². The molecule has 0 unspecified atom stereocenters. The third-order valence-electron chi connectivity index (χ3n) is 5.05. The van der Waals surface area contributed by atoms with Gasteiger partial charge in [-0.1, -0.05) is 28.1 Å². The summed E-state index contributed by atoms with van der Waals surface area (Å²) < 4.78 is 2.87. The van der Waals surface area contributed by atoms with Crippen molar-refractivity contribution in [1.29, 1.82) is 0 Å². The van der Waals surface area contributed by atoms with Gasteiger partial charge in [0.1, 0.15) is 0 Å². The van der Waals surface area contributed by atoms with Crippen LogP contribution >= 0.6 is 15.9 Å². The minimum Gasteiger partial charge on any atom is -0.337 e. The molecule has 1 aliphatic rings. The summed E-state index contributed by atoms with van der Waals surface area (Å²) in [6.45, 7) is 4.94. The van der Waals surface area contributed by atoms with Crippen molar-refractivity contribution in [3.8, 4) is 0 Å². The van der Waals surface area contributed by atoms with Crippen molar-refractivity contribution >= 4 is 21.8 Å². The summed E-state index contributed by atoms with van der Waals surface area (Å²) in [6, 6.07) is 10.6. The normalized spacial score (nSPS) is 16.2. The van der Waals surface area contributed by atoms with E-state index in [1.165, 1.54) is 5.56 Å². The van der Waals surface area contributed by atoms with Gasteiger partial charge >= 0.3 is 0 Å². The van der Waals surface area contributed by atoms with E-state index >= 15 is 0 Å². The Morgan fingerprint density at radius 2 is 2.04 bits per heavy atom. The number of hydrogen-bond acceptors (Lipinski definition) is 3. The lowest BCUT2D eigenvalue weighted by atomic mass is 10.0. The molecule has 0 spiro atoms. The van der Waals surface area contributed by atoms with Crippen LogP contribution in [-0.2, 0) is 13.6 Å². The molecule has 5 nitrogen and oxygen atoms in total. The number of benzene rings is 1. The van der Waals surface area contributed by atoms with E-state index in [0.29, 0.717) is 5.69 Å². The number of piperidine rings is 1. The van der Waals surface area contributed by atoms with Gasteiger partial charge in [0.05, 0.1) is 0 Å². The van der Waals surface area contributed by atoms with Gasteiger partial charge < -0.3 is 4.90 Å². The van der Waals surface area contributed by atoms with Gasteiger partial charge in [-0.15, -0.1) is 0 Å². The summed E-state index contributed by atoms with van der Waals surface area (Å²) >= 11 is 3.53. The Hall–Kier alpha value is -1.66. The molecule has 0 saturated carbocycles. The summed E-state index contributed by atoms with van der Waals surface area (Å²) in [6.07, 6.45) is 2.00. The van der Waals surface area contributed by atoms with Crippen molar-refractivity contribution in [2.75, 3.05) is 20.1 Å². The molecule has 1 aromatic heterocycles. The van der Waals surface area contributed by atoms with Crippen LogP contribution in [-0.4, -0.2) is 51.7 Å². The molecule has 0 N–H and O–H groups in total. The molecular weight excluding hydrogens is 380 g/mol. The van der Waals surface area contributed by atoms with Crippen molar-refractivity contribution in [1.82, 2.24) is 19.6 Å². The SMILES string of the molecule is Cc1cc(C(=O)N(C)C2CCN(Cc3cccc(Br)c3)CC2)nn1C. The third kappa shape index (κ3) is 4.30. The monoisotopic (exact) mass is 404 g/mol. The lowest BCUT2D eigenvalue weighted by Gasteiger charge is -2.36. The molecule has 1 amide bonds. The van der Waals surface area contributed by atoms with Crippen LogP contribution in [0.1, 0.15) is 34.6 Å². The number of halogens is 1. The fraction of sp³-hybridized carbons (Fsp3) is 0.474. The van der Waals surface area contributed by atoms with Crippen LogP contribution in [0.5, 0.6) is 0 Å². The topological polar surface area (TPSA) is 41.4 Å². The van der Waals surface area contributed by atoms with Gasteiger partial charge in [-0.3, -0.25) is 14.4 Å². The van der Waals surface area contributed by atoms with E-state index in [1.807, 2.05) is 32.0 Å². The number of aromatic nitrogens is 2. The number of amides is 1. The van der Waals surface area contributed by atoms with Crippen molar-refractivity contribution < 1.29 is 4.79 Å². The van der Waals surface area contributed by atoms with E-state index < -0.39 is 0 Å². The fourth-order valence-corrected chi connectivity index (χ4v) is 3.82. The standard InChI is InChI=1S/C19H25BrN4O/c1-14-11-18(21-23(14)3)19(25)22(2)17-7-9-24(10-8-17)13-15-5-4-6-16(20)12-15/h4-6,11-12,17H,7-10,13H2,1-3H3. The van der Waals surface area contributed by atoms with Gasteiger partial charge in [0, 0.05) is 49.9 Å². The zero-order valence-corrected chi connectivity index (χ0v) is 16.7. The van der Waals surface area contributed by atoms with Crippen LogP contribution in [0, 0.1) is 6.92 Å². The average molecular weight is 405 g/mol. The van der Waals surface area contributed by atoms with Crippen molar-refractivity contribution in [2.24, 2.45) is 7.05 Å². The molecule has 25 heavy (non-hydrogen) atoms. The molecular formula is C19H25BrN4O. The molecule has 0 aliphatic carbocycles. The molecule has 0 radical (unpaired) electrons. The molecule has 1 saturated heterocycles. The Labute approximate surface area is 157 Å². The highest BCUT2D eigenvalue weighted by Crippen LogP contribution is 2.20. The predicted molar refractivity (Wildman–Crippen MR) is 102 cm³/mol. The summed E-state index contributed by atoms with van der Waals surface area (Å²) in [5.74, 6) is 0.0224. The van der Waals surface area contributed by atoms with Crippen LogP contribution < -0.4 is 0 Å². The average Bonchev–Trinajstić information content (AvgIpc) is 2.93. The van der Waals surface area contributed by atoms with E-state index in [4.69, 9.17) is 0 Å². The van der Waals surface area contributed by atoms with E-state index in [2.05, 4.69) is 50.2 Å². The Morgan fingerprint density at radius 1 is 1.32 bits per heavy atom. The fourth-order valence-electron chi connectivity index (χ4n) is 3.37. The van der Waals surface area contributed by atoms with Gasteiger partial charge in [0.2, 0.25) is 0 Å². The molecule has 0 atom stereocenters. The minimum absolute atomic E-state index is 0.0224. The number of likely N-dealkylation sites (tertiary alicyclic amines) is 1. The largest absolute Gasteiger partial charge is 0.337 e. The van der Waals surface area contributed by atoms with Crippen LogP contribution in [0.2, 0.25) is 0 Å². The second-order valence-electron chi connectivity index (χ2n) is 6.85. The van der Waals surface area contributed by atoms with E-state index in [9.17, 15) is 4.79 Å². The van der Waals surface area contributed by atoms with Crippen molar-refractivity contribution in [3.05, 3.63) is 51.8 Å². The van der Waals surface area contributed by atoms with Crippen molar-refractivity contribution in [2.45, 2.75) is 32.4 Å². The summed E-state index contributed by atoms with van der Waals surface area (Å²) in [5.41, 5.74) is 2.86. The zero-order chi connectivity index (χ0) is 18.0. The smallest absolute Gasteiger partial charge is 0.274 e. The van der Waals surface area contributed by atoms with Crippen LogP contribution in [0.25, 0.3) is 0 Å². The maximum atomic E-state index is 12.7. The molecule has 2 aromatic rings. The number of carbonyl (C=O) groups is 1. The van der Waals surface area contributed by atoms with Gasteiger partial charge in [0.25, 0.3) is 5.91 Å². The Balaban J connectivity index is 1.55. The zero-order valence-electron chi connectivity index (χ0n) is 15.1. The van der Waals surface area contributed by atoms with Crippen LogP contribution in [0.15, 0.2) is 34.8 Å². The van der Waals surface area contributed by atoms with Gasteiger partial charge in [-0.05, 0) is 43.5 Å². The first-order valence-corrected chi connectivity index (χ1v) is 9.48. The molecule has 3 rings (SSSR count). The molecule has 2 heterocycles. The molecule has 1 fully saturated rings. The van der Waals surface area contributed by atoms with E-state index in [-0.39, 0.29) is 11.9 Å². The minimum atomic E-state index is 0.0224. The second kappa shape index (κ2) is 7.70. The quantitative estimate of drug-likeness (QED) is 0.785. The van der Waals surface area contributed by atoms with Gasteiger partial charge in [-0.2, -0.15) is 5.10 Å². The van der Waals surface area contributed by atoms with Gasteiger partial charge in [-0.25, -0.2) is 0 Å². The summed E-state index contributed by atoms with van der Waals surface area (Å²) in [7, 11) is 3.77. The Morgan fingerprint density at radius 3 is 2.64 bits per heavy atom. The second-order valence-corrected chi connectivity index (χ2v) is 7.76. The number of aryl methyl sites for hydroxylation is 2. The lowest BCUT2D eigenvalue weighted by Crippen LogP contribution is -2.45. The Kier molecular flexibility index (Phi) is 5.59. The number of hydrogen-bond donors (Lipinski definition) is 0. The molecule has 0 bridgehead atoms. The highest BCUT2D eigenvalue weighted by molar-refractivity contribution is 9.10. The maximum Gasteiger partial charge on any atom is 0.274 e. The predicted octanol–water partition coefficient (Wildman–Crippen LogP) is 3.23. The number of nitrogens with zero attached hydrogens (tertiary/aromatic N) is 4. The third-order valence-corrected chi connectivity index (χ3v) is 5.55. The summed E-state index contributed by atoms with van der Waals surface area (Å²) in [4.78, 5) is 17.0. The molecule has 1 aromatic carbocycles. The van der Waals surface area contributed by atoms with E-state index in [0.717, 1.165) is 42.6 Å². The molecule has 134 valence electrons. The molecule has 1 aliphatic heterocycles. The van der Waals surface area contributed by atoms with E-state index in [1.54, 1.807) is 4.68 Å². The first-order chi connectivity index (χ1) is 11.9. The first kappa shape index (κ1) is 18.1. The molecule has 6 heteroatoms. The number of carbonyl (C=O) groups excluding carboxylic acids is 1. The highest BCUT2D eigenvalue weighted by atomic mass is 79.9. The highest BCUT2D eigenvalue weighted by Gasteiger charge is 2.27. The van der Waals surface area contributed by atoms with Crippen LogP contribution in [0.3, 0.4) is 0 Å². The lowest BCUT2D eigenvalue weighted by molar-refractivity contribution is 0.0630. The first-order valence-electron chi connectivity index (χ1n) is 8.68. The van der Waals surface area contributed by atoms with Crippen molar-refractivity contribution in [3.63, 3.8) is 0 Å².